The van der Waals surface area contributed by atoms with Crippen LogP contribution in [0.15, 0.2) is 48.5 Å². The molecule has 2 fully saturated rings. The van der Waals surface area contributed by atoms with Gasteiger partial charge in [-0.15, -0.1) is 0 Å². The monoisotopic (exact) mass is 453 g/mol. The summed E-state index contributed by atoms with van der Waals surface area (Å²) in [5.41, 5.74) is 1.73. The predicted molar refractivity (Wildman–Crippen MR) is 126 cm³/mol. The number of hydrogen-bond acceptors (Lipinski definition) is 5. The van der Waals surface area contributed by atoms with Crippen molar-refractivity contribution in [3.05, 3.63) is 59.1 Å². The van der Waals surface area contributed by atoms with E-state index in [0.717, 1.165) is 51.2 Å². The van der Waals surface area contributed by atoms with E-state index in [1.807, 2.05) is 22.9 Å². The number of rotatable bonds is 6. The smallest absolute Gasteiger partial charge is 0.199 e. The summed E-state index contributed by atoms with van der Waals surface area (Å²) < 4.78 is 24.4. The molecule has 1 saturated carbocycles. The first-order chi connectivity index (χ1) is 15.6. The molecule has 32 heavy (non-hydrogen) atoms. The zero-order valence-corrected chi connectivity index (χ0v) is 19.1. The van der Waals surface area contributed by atoms with Crippen molar-refractivity contribution in [2.75, 3.05) is 38.2 Å². The first-order valence-corrected chi connectivity index (χ1v) is 11.6. The molecule has 8 heteroatoms. The zero-order valence-electron chi connectivity index (χ0n) is 18.3. The second-order valence-corrected chi connectivity index (χ2v) is 8.85. The Morgan fingerprint density at radius 2 is 1.81 bits per heavy atom. The Labute approximate surface area is 192 Å². The third kappa shape index (κ3) is 4.29. The van der Waals surface area contributed by atoms with Crippen LogP contribution in [0.2, 0.25) is 0 Å². The van der Waals surface area contributed by atoms with Gasteiger partial charge in [-0.3, -0.25) is 9.47 Å². The van der Waals surface area contributed by atoms with E-state index in [1.54, 1.807) is 19.2 Å². The van der Waals surface area contributed by atoms with Gasteiger partial charge < -0.3 is 9.64 Å². The lowest BCUT2D eigenvalue weighted by molar-refractivity contribution is 0.219. The second kappa shape index (κ2) is 9.03. The normalized spacial score (nSPS) is 17.4. The topological polar surface area (TPSA) is 38.5 Å². The molecule has 0 spiro atoms. The van der Waals surface area contributed by atoms with Gasteiger partial charge in [0.1, 0.15) is 11.6 Å². The molecule has 5 rings (SSSR count). The van der Waals surface area contributed by atoms with Crippen LogP contribution in [0.4, 0.5) is 10.1 Å². The SMILES string of the molecule is COc1ccc(N2CCCN(Cn3nc(-c4ccccc4F)n(C4CC4)c3=S)CC2)cc1. The molecule has 6 nitrogen and oxygen atoms in total. The van der Waals surface area contributed by atoms with E-state index in [9.17, 15) is 4.39 Å². The molecule has 2 aromatic carbocycles. The maximum Gasteiger partial charge on any atom is 0.199 e. The number of nitrogens with zero attached hydrogens (tertiary/aromatic N) is 5. The molecule has 1 aliphatic carbocycles. The van der Waals surface area contributed by atoms with Crippen LogP contribution in [0.5, 0.6) is 5.75 Å². The van der Waals surface area contributed by atoms with Gasteiger partial charge in [0.15, 0.2) is 10.6 Å². The molecular formula is C24H28FN5OS. The maximum absolute atomic E-state index is 14.5. The summed E-state index contributed by atoms with van der Waals surface area (Å²) in [7, 11) is 1.69. The van der Waals surface area contributed by atoms with E-state index in [4.69, 9.17) is 22.1 Å². The highest BCUT2D eigenvalue weighted by atomic mass is 32.1. The van der Waals surface area contributed by atoms with Gasteiger partial charge in [0, 0.05) is 37.9 Å². The standard InChI is InChI=1S/C24H28FN5OS/c1-31-20-11-9-18(10-12-20)28-14-4-13-27(15-16-28)17-29-24(32)30(19-7-8-19)23(26-29)21-5-2-3-6-22(21)25/h2-3,5-6,9-12,19H,4,7-8,13-17H2,1H3. The van der Waals surface area contributed by atoms with Gasteiger partial charge >= 0.3 is 0 Å². The van der Waals surface area contributed by atoms with Crippen LogP contribution in [-0.4, -0.2) is 52.5 Å². The van der Waals surface area contributed by atoms with Gasteiger partial charge in [-0.1, -0.05) is 12.1 Å². The van der Waals surface area contributed by atoms with E-state index < -0.39 is 0 Å². The molecule has 0 atom stereocenters. The molecule has 1 saturated heterocycles. The van der Waals surface area contributed by atoms with Crippen molar-refractivity contribution in [2.24, 2.45) is 0 Å². The van der Waals surface area contributed by atoms with Crippen molar-refractivity contribution in [3.63, 3.8) is 0 Å². The van der Waals surface area contributed by atoms with Gasteiger partial charge in [-0.2, -0.15) is 5.10 Å². The molecule has 3 aromatic rings. The summed E-state index contributed by atoms with van der Waals surface area (Å²) in [6.45, 7) is 4.45. The third-order valence-corrected chi connectivity index (χ3v) is 6.66. The van der Waals surface area contributed by atoms with Crippen LogP contribution in [0, 0.1) is 10.6 Å². The minimum atomic E-state index is -0.258. The number of aromatic nitrogens is 3. The number of methoxy groups -OCH3 is 1. The number of halogens is 1. The minimum absolute atomic E-state index is 0.258. The van der Waals surface area contributed by atoms with Gasteiger partial charge in [-0.05, 0) is 67.9 Å². The Bertz CT molecular complexity index is 1140. The quantitative estimate of drug-likeness (QED) is 0.505. The molecule has 1 aromatic heterocycles. The lowest BCUT2D eigenvalue weighted by Crippen LogP contribution is -2.32. The average molecular weight is 454 g/mol. The first-order valence-electron chi connectivity index (χ1n) is 11.2. The summed E-state index contributed by atoms with van der Waals surface area (Å²) in [5.74, 6) is 1.26. The van der Waals surface area contributed by atoms with E-state index in [-0.39, 0.29) is 5.82 Å². The lowest BCUT2D eigenvalue weighted by Gasteiger charge is -2.23. The number of ether oxygens (including phenoxy) is 1. The zero-order chi connectivity index (χ0) is 22.1. The van der Waals surface area contributed by atoms with Crippen molar-refractivity contribution in [1.29, 1.82) is 0 Å². The van der Waals surface area contributed by atoms with Crippen LogP contribution < -0.4 is 9.64 Å². The number of anilines is 1. The van der Waals surface area contributed by atoms with Crippen LogP contribution in [0.3, 0.4) is 0 Å². The summed E-state index contributed by atoms with van der Waals surface area (Å²) in [4.78, 5) is 4.79. The van der Waals surface area contributed by atoms with Gasteiger partial charge in [0.2, 0.25) is 0 Å². The highest BCUT2D eigenvalue weighted by molar-refractivity contribution is 7.71. The largest absolute Gasteiger partial charge is 0.497 e. The Hall–Kier alpha value is -2.71. The molecule has 0 amide bonds. The fourth-order valence-corrected chi connectivity index (χ4v) is 4.69. The highest BCUT2D eigenvalue weighted by Crippen LogP contribution is 2.39. The summed E-state index contributed by atoms with van der Waals surface area (Å²) in [5, 5.41) is 4.79. The molecular weight excluding hydrogens is 425 g/mol. The van der Waals surface area contributed by atoms with Crippen molar-refractivity contribution >= 4 is 17.9 Å². The van der Waals surface area contributed by atoms with Gasteiger partial charge in [0.25, 0.3) is 0 Å². The highest BCUT2D eigenvalue weighted by Gasteiger charge is 2.30. The number of benzene rings is 2. The Morgan fingerprint density at radius 1 is 1.03 bits per heavy atom. The summed E-state index contributed by atoms with van der Waals surface area (Å²) in [6.07, 6.45) is 3.20. The molecule has 168 valence electrons. The first kappa shape index (κ1) is 21.2. The van der Waals surface area contributed by atoms with Crippen LogP contribution in [0.1, 0.15) is 25.3 Å². The molecule has 0 N–H and O–H groups in total. The maximum atomic E-state index is 14.5. The van der Waals surface area contributed by atoms with Crippen molar-refractivity contribution in [1.82, 2.24) is 19.2 Å². The van der Waals surface area contributed by atoms with Crippen molar-refractivity contribution in [2.45, 2.75) is 32.0 Å². The average Bonchev–Trinajstić information content (AvgIpc) is 3.63. The lowest BCUT2D eigenvalue weighted by atomic mass is 10.2. The van der Waals surface area contributed by atoms with Crippen molar-refractivity contribution in [3.8, 4) is 17.1 Å². The third-order valence-electron chi connectivity index (χ3n) is 6.26. The van der Waals surface area contributed by atoms with Crippen molar-refractivity contribution < 1.29 is 9.13 Å². The van der Waals surface area contributed by atoms with E-state index in [0.29, 0.717) is 28.9 Å². The molecule has 2 heterocycles. The molecule has 2 aliphatic rings. The van der Waals surface area contributed by atoms with Gasteiger partial charge in [-0.25, -0.2) is 9.07 Å². The molecule has 1 aliphatic heterocycles. The molecule has 0 radical (unpaired) electrons. The fraction of sp³-hybridized carbons (Fsp3) is 0.417. The summed E-state index contributed by atoms with van der Waals surface area (Å²) >= 11 is 5.79. The molecule has 0 bridgehead atoms. The summed E-state index contributed by atoms with van der Waals surface area (Å²) in [6, 6.07) is 15.4. The number of hydrogen-bond donors (Lipinski definition) is 0. The Morgan fingerprint density at radius 3 is 2.53 bits per heavy atom. The second-order valence-electron chi connectivity index (χ2n) is 8.48. The van der Waals surface area contributed by atoms with Crippen LogP contribution >= 0.6 is 12.2 Å². The fourth-order valence-electron chi connectivity index (χ4n) is 4.35. The minimum Gasteiger partial charge on any atom is -0.497 e. The molecule has 0 unspecified atom stereocenters. The Balaban J connectivity index is 1.33. The van der Waals surface area contributed by atoms with E-state index >= 15 is 0 Å². The van der Waals surface area contributed by atoms with Gasteiger partial charge in [0.05, 0.1) is 19.3 Å². The van der Waals surface area contributed by atoms with E-state index in [2.05, 4.69) is 26.5 Å². The van der Waals surface area contributed by atoms with Crippen LogP contribution in [-0.2, 0) is 6.67 Å². The van der Waals surface area contributed by atoms with E-state index in [1.165, 1.54) is 11.8 Å². The predicted octanol–water partition coefficient (Wildman–Crippen LogP) is 4.73. The van der Waals surface area contributed by atoms with Crippen LogP contribution in [0.25, 0.3) is 11.4 Å². The Kier molecular flexibility index (Phi) is 5.97.